The largest absolute Gasteiger partial charge is 0.353 e. The Morgan fingerprint density at radius 2 is 2.10 bits per heavy atom. The number of amides is 2. The molecule has 0 aliphatic carbocycles. The molecule has 1 aliphatic heterocycles. The Balaban J connectivity index is 1.97. The Labute approximate surface area is 120 Å². The number of hydrogen-bond acceptors (Lipinski definition) is 2. The van der Waals surface area contributed by atoms with Crippen molar-refractivity contribution in [2.45, 2.75) is 39.2 Å². The Morgan fingerprint density at radius 1 is 1.40 bits per heavy atom. The molecule has 2 amide bonds. The minimum atomic E-state index is -0.234. The van der Waals surface area contributed by atoms with Crippen molar-refractivity contribution in [3.8, 4) is 0 Å². The molecule has 1 heterocycles. The van der Waals surface area contributed by atoms with Gasteiger partial charge in [-0.1, -0.05) is 31.5 Å². The van der Waals surface area contributed by atoms with Gasteiger partial charge in [-0.3, -0.25) is 9.59 Å². The minimum Gasteiger partial charge on any atom is -0.353 e. The third kappa shape index (κ3) is 3.38. The lowest BCUT2D eigenvalue weighted by atomic mass is 10.1. The highest BCUT2D eigenvalue weighted by molar-refractivity contribution is 6.00. The van der Waals surface area contributed by atoms with Crippen LogP contribution in [0, 0.1) is 5.92 Å². The second-order valence-corrected chi connectivity index (χ2v) is 5.44. The molecule has 0 spiro atoms. The molecule has 0 saturated carbocycles. The first-order valence-electron chi connectivity index (χ1n) is 7.27. The van der Waals surface area contributed by atoms with Crippen LogP contribution in [-0.2, 0) is 9.59 Å². The van der Waals surface area contributed by atoms with Crippen LogP contribution in [0.4, 0.5) is 5.69 Å². The van der Waals surface area contributed by atoms with Gasteiger partial charge in [-0.2, -0.15) is 0 Å². The molecular formula is C16H22N2O2. The summed E-state index contributed by atoms with van der Waals surface area (Å²) in [6, 6.07) is 9.70. The minimum absolute atomic E-state index is 0.00210. The summed E-state index contributed by atoms with van der Waals surface area (Å²) in [6.07, 6.45) is 2.32. The van der Waals surface area contributed by atoms with Crippen molar-refractivity contribution in [1.29, 1.82) is 0 Å². The van der Waals surface area contributed by atoms with Crippen LogP contribution in [0.1, 0.15) is 33.1 Å². The number of rotatable bonds is 5. The summed E-state index contributed by atoms with van der Waals surface area (Å²) in [5, 5.41) is 3.00. The van der Waals surface area contributed by atoms with E-state index in [-0.39, 0.29) is 23.8 Å². The topological polar surface area (TPSA) is 49.4 Å². The van der Waals surface area contributed by atoms with E-state index in [9.17, 15) is 9.59 Å². The number of benzene rings is 1. The molecule has 108 valence electrons. The molecule has 4 heteroatoms. The van der Waals surface area contributed by atoms with Crippen LogP contribution in [-0.4, -0.2) is 24.4 Å². The van der Waals surface area contributed by atoms with Crippen LogP contribution in [0.25, 0.3) is 0 Å². The maximum Gasteiger partial charge on any atom is 0.227 e. The summed E-state index contributed by atoms with van der Waals surface area (Å²) < 4.78 is 0. The van der Waals surface area contributed by atoms with Gasteiger partial charge >= 0.3 is 0 Å². The van der Waals surface area contributed by atoms with Gasteiger partial charge in [-0.25, -0.2) is 0 Å². The quantitative estimate of drug-likeness (QED) is 0.896. The van der Waals surface area contributed by atoms with Gasteiger partial charge in [-0.15, -0.1) is 0 Å². The first-order chi connectivity index (χ1) is 9.61. The summed E-state index contributed by atoms with van der Waals surface area (Å²) in [5.74, 6) is -0.209. The predicted octanol–water partition coefficient (Wildman–Crippen LogP) is 2.34. The fourth-order valence-electron chi connectivity index (χ4n) is 2.61. The van der Waals surface area contributed by atoms with Crippen LogP contribution in [0.3, 0.4) is 0 Å². The third-order valence-electron chi connectivity index (χ3n) is 3.67. The molecule has 1 aliphatic rings. The van der Waals surface area contributed by atoms with Crippen molar-refractivity contribution in [3.05, 3.63) is 30.3 Å². The van der Waals surface area contributed by atoms with E-state index in [1.807, 2.05) is 37.3 Å². The number of carbonyl (C=O) groups is 2. The van der Waals surface area contributed by atoms with Crippen molar-refractivity contribution in [2.75, 3.05) is 11.4 Å². The Bertz CT molecular complexity index is 473. The molecular weight excluding hydrogens is 252 g/mol. The summed E-state index contributed by atoms with van der Waals surface area (Å²) in [6.45, 7) is 4.58. The van der Waals surface area contributed by atoms with Gasteiger partial charge in [0.15, 0.2) is 0 Å². The van der Waals surface area contributed by atoms with E-state index in [4.69, 9.17) is 0 Å². The molecule has 0 bridgehead atoms. The molecule has 0 radical (unpaired) electrons. The number of anilines is 1. The summed E-state index contributed by atoms with van der Waals surface area (Å²) in [5.41, 5.74) is 0.870. The molecule has 2 rings (SSSR count). The first kappa shape index (κ1) is 14.6. The smallest absolute Gasteiger partial charge is 0.227 e. The summed E-state index contributed by atoms with van der Waals surface area (Å²) in [4.78, 5) is 25.9. The molecule has 1 saturated heterocycles. The van der Waals surface area contributed by atoms with E-state index in [1.54, 1.807) is 4.90 Å². The van der Waals surface area contributed by atoms with Crippen molar-refractivity contribution in [2.24, 2.45) is 5.92 Å². The lowest BCUT2D eigenvalue weighted by Gasteiger charge is -2.18. The van der Waals surface area contributed by atoms with Gasteiger partial charge in [0.05, 0.1) is 5.92 Å². The lowest BCUT2D eigenvalue weighted by molar-refractivity contribution is -0.126. The van der Waals surface area contributed by atoms with Gasteiger partial charge in [0.2, 0.25) is 11.8 Å². The van der Waals surface area contributed by atoms with Crippen molar-refractivity contribution < 1.29 is 9.59 Å². The molecule has 0 aromatic heterocycles. The first-order valence-corrected chi connectivity index (χ1v) is 7.27. The number of para-hydroxylation sites is 1. The lowest BCUT2D eigenvalue weighted by Crippen LogP contribution is -2.38. The zero-order chi connectivity index (χ0) is 14.5. The normalized spacial score (nSPS) is 20.0. The maximum absolute atomic E-state index is 12.2. The Hall–Kier alpha value is -1.84. The fraction of sp³-hybridized carbons (Fsp3) is 0.500. The van der Waals surface area contributed by atoms with Gasteiger partial charge in [0, 0.05) is 24.7 Å². The van der Waals surface area contributed by atoms with E-state index in [1.165, 1.54) is 0 Å². The van der Waals surface area contributed by atoms with Crippen molar-refractivity contribution >= 4 is 17.5 Å². The van der Waals surface area contributed by atoms with E-state index < -0.39 is 0 Å². The highest BCUT2D eigenvalue weighted by Gasteiger charge is 2.35. The Morgan fingerprint density at radius 3 is 2.75 bits per heavy atom. The van der Waals surface area contributed by atoms with Crippen LogP contribution < -0.4 is 10.2 Å². The molecule has 1 N–H and O–H groups in total. The third-order valence-corrected chi connectivity index (χ3v) is 3.67. The zero-order valence-electron chi connectivity index (χ0n) is 12.1. The SMILES string of the molecule is CCC[C@H](C)NC(=O)[C@@H]1CC(=O)N(c2ccccc2)C1. The standard InChI is InChI=1S/C16H22N2O2/c1-3-7-12(2)17-16(20)13-10-15(19)18(11-13)14-8-5-4-6-9-14/h4-6,8-9,12-13H,3,7,10-11H2,1-2H3,(H,17,20)/t12-,13+/m0/s1. The Kier molecular flexibility index (Phi) is 4.77. The second-order valence-electron chi connectivity index (χ2n) is 5.44. The van der Waals surface area contributed by atoms with Gasteiger partial charge in [0.25, 0.3) is 0 Å². The second kappa shape index (κ2) is 6.55. The summed E-state index contributed by atoms with van der Waals surface area (Å²) in [7, 11) is 0. The molecule has 1 aromatic carbocycles. The van der Waals surface area contributed by atoms with E-state index in [0.717, 1.165) is 18.5 Å². The van der Waals surface area contributed by atoms with E-state index >= 15 is 0 Å². The van der Waals surface area contributed by atoms with Crippen LogP contribution in [0.2, 0.25) is 0 Å². The number of nitrogens with zero attached hydrogens (tertiary/aromatic N) is 1. The van der Waals surface area contributed by atoms with Gasteiger partial charge in [-0.05, 0) is 25.5 Å². The van der Waals surface area contributed by atoms with Crippen LogP contribution in [0.15, 0.2) is 30.3 Å². The molecule has 2 atom stereocenters. The maximum atomic E-state index is 12.2. The zero-order valence-corrected chi connectivity index (χ0v) is 12.1. The van der Waals surface area contributed by atoms with E-state index in [0.29, 0.717) is 13.0 Å². The van der Waals surface area contributed by atoms with Crippen molar-refractivity contribution in [1.82, 2.24) is 5.32 Å². The number of carbonyl (C=O) groups excluding carboxylic acids is 2. The molecule has 20 heavy (non-hydrogen) atoms. The van der Waals surface area contributed by atoms with E-state index in [2.05, 4.69) is 12.2 Å². The van der Waals surface area contributed by atoms with Gasteiger partial charge in [0.1, 0.15) is 0 Å². The highest BCUT2D eigenvalue weighted by Crippen LogP contribution is 2.24. The average Bonchev–Trinajstić information content (AvgIpc) is 2.82. The average molecular weight is 274 g/mol. The van der Waals surface area contributed by atoms with Crippen LogP contribution >= 0.6 is 0 Å². The highest BCUT2D eigenvalue weighted by atomic mass is 16.2. The monoisotopic (exact) mass is 274 g/mol. The predicted molar refractivity (Wildman–Crippen MR) is 79.4 cm³/mol. The number of hydrogen-bond donors (Lipinski definition) is 1. The van der Waals surface area contributed by atoms with Gasteiger partial charge < -0.3 is 10.2 Å². The fourth-order valence-corrected chi connectivity index (χ4v) is 2.61. The van der Waals surface area contributed by atoms with Crippen molar-refractivity contribution in [3.63, 3.8) is 0 Å². The molecule has 4 nitrogen and oxygen atoms in total. The number of nitrogens with one attached hydrogen (secondary N) is 1. The van der Waals surface area contributed by atoms with Crippen LogP contribution in [0.5, 0.6) is 0 Å². The summed E-state index contributed by atoms with van der Waals surface area (Å²) >= 11 is 0. The molecule has 1 aromatic rings. The molecule has 1 fully saturated rings. The molecule has 0 unspecified atom stereocenters.